The van der Waals surface area contributed by atoms with Crippen LogP contribution in [-0.4, -0.2) is 6.26 Å². The van der Waals surface area contributed by atoms with Gasteiger partial charge in [0.2, 0.25) is 0 Å². The van der Waals surface area contributed by atoms with Crippen LogP contribution in [0.5, 0.6) is 0 Å². The first-order valence-electron chi connectivity index (χ1n) is 6.23. The molecule has 0 fully saturated rings. The second-order valence-corrected chi connectivity index (χ2v) is 6.06. The van der Waals surface area contributed by atoms with Gasteiger partial charge in [-0.2, -0.15) is 0 Å². The third kappa shape index (κ3) is 3.61. The van der Waals surface area contributed by atoms with Crippen LogP contribution in [0.4, 0.5) is 0 Å². The molecule has 0 spiro atoms. The van der Waals surface area contributed by atoms with Crippen molar-refractivity contribution in [1.29, 1.82) is 0 Å². The summed E-state index contributed by atoms with van der Waals surface area (Å²) >= 11 is 3.62. The first-order chi connectivity index (χ1) is 8.83. The number of thiophene rings is 1. The molecule has 0 aliphatic heterocycles. The maximum absolute atomic E-state index is 3.63. The zero-order chi connectivity index (χ0) is 12.8. The first kappa shape index (κ1) is 13.7. The third-order valence-corrected chi connectivity index (χ3v) is 4.74. The van der Waals surface area contributed by atoms with Crippen LogP contribution in [0, 0.1) is 0 Å². The van der Waals surface area contributed by atoms with Crippen LogP contribution in [0.15, 0.2) is 46.7 Å². The molecule has 1 aromatic heterocycles. The number of hydrogen-bond donors (Lipinski definition) is 1. The van der Waals surface area contributed by atoms with E-state index in [0.717, 1.165) is 13.0 Å². The molecule has 0 saturated carbocycles. The summed E-state index contributed by atoms with van der Waals surface area (Å²) in [5.41, 5.74) is 1.35. The van der Waals surface area contributed by atoms with Crippen LogP contribution in [0.1, 0.15) is 29.8 Å². The monoisotopic (exact) mass is 277 g/mol. The summed E-state index contributed by atoms with van der Waals surface area (Å²) in [6.45, 7) is 3.17. The van der Waals surface area contributed by atoms with E-state index in [2.05, 4.69) is 60.3 Å². The van der Waals surface area contributed by atoms with Crippen molar-refractivity contribution in [2.75, 3.05) is 6.26 Å². The highest BCUT2D eigenvalue weighted by Crippen LogP contribution is 2.22. The SMILES string of the molecule is CCC(NCc1ccc(SC)cc1)c1cccs1. The summed E-state index contributed by atoms with van der Waals surface area (Å²) < 4.78 is 0. The fraction of sp³-hybridized carbons (Fsp3) is 0.333. The van der Waals surface area contributed by atoms with Gasteiger partial charge in [0.1, 0.15) is 0 Å². The Morgan fingerprint density at radius 1 is 1.22 bits per heavy atom. The molecule has 0 bridgehead atoms. The standard InChI is InChI=1S/C15H19NS2/c1-3-14(15-5-4-10-18-15)16-11-12-6-8-13(17-2)9-7-12/h4-10,14,16H,3,11H2,1-2H3. The summed E-state index contributed by atoms with van der Waals surface area (Å²) in [5.74, 6) is 0. The third-order valence-electron chi connectivity index (χ3n) is 3.01. The molecule has 0 saturated heterocycles. The van der Waals surface area contributed by atoms with Gasteiger partial charge in [0.25, 0.3) is 0 Å². The Morgan fingerprint density at radius 3 is 2.56 bits per heavy atom. The quantitative estimate of drug-likeness (QED) is 0.767. The smallest absolute Gasteiger partial charge is 0.0414 e. The zero-order valence-electron chi connectivity index (χ0n) is 10.8. The molecule has 96 valence electrons. The van der Waals surface area contributed by atoms with E-state index in [-0.39, 0.29) is 0 Å². The number of nitrogens with one attached hydrogen (secondary N) is 1. The molecule has 1 heterocycles. The Balaban J connectivity index is 1.93. The maximum atomic E-state index is 3.63. The molecule has 0 aliphatic carbocycles. The van der Waals surface area contributed by atoms with Crippen LogP contribution in [-0.2, 0) is 6.54 Å². The van der Waals surface area contributed by atoms with Crippen molar-refractivity contribution < 1.29 is 0 Å². The zero-order valence-corrected chi connectivity index (χ0v) is 12.5. The molecule has 1 atom stereocenters. The second kappa shape index (κ2) is 6.98. The largest absolute Gasteiger partial charge is 0.305 e. The van der Waals surface area contributed by atoms with Crippen molar-refractivity contribution >= 4 is 23.1 Å². The van der Waals surface area contributed by atoms with E-state index < -0.39 is 0 Å². The van der Waals surface area contributed by atoms with E-state index >= 15 is 0 Å². The van der Waals surface area contributed by atoms with Crippen LogP contribution in [0.2, 0.25) is 0 Å². The highest BCUT2D eigenvalue weighted by Gasteiger charge is 2.09. The van der Waals surface area contributed by atoms with Crippen molar-refractivity contribution in [3.05, 3.63) is 52.2 Å². The van der Waals surface area contributed by atoms with Crippen molar-refractivity contribution in [2.24, 2.45) is 0 Å². The Labute approximate surface area is 118 Å². The summed E-state index contributed by atoms with van der Waals surface area (Å²) in [4.78, 5) is 2.75. The predicted molar refractivity (Wildman–Crippen MR) is 82.4 cm³/mol. The molecule has 1 unspecified atom stereocenters. The van der Waals surface area contributed by atoms with Gasteiger partial charge in [0, 0.05) is 22.4 Å². The molecular weight excluding hydrogens is 258 g/mol. The maximum Gasteiger partial charge on any atom is 0.0414 e. The van der Waals surface area contributed by atoms with E-state index in [1.165, 1.54) is 15.3 Å². The van der Waals surface area contributed by atoms with Gasteiger partial charge in [-0.25, -0.2) is 0 Å². The van der Waals surface area contributed by atoms with Crippen molar-refractivity contribution in [3.63, 3.8) is 0 Å². The summed E-state index contributed by atoms with van der Waals surface area (Å²) in [6.07, 6.45) is 3.24. The van der Waals surface area contributed by atoms with Crippen LogP contribution >= 0.6 is 23.1 Å². The van der Waals surface area contributed by atoms with Gasteiger partial charge < -0.3 is 5.32 Å². The molecule has 2 rings (SSSR count). The average molecular weight is 277 g/mol. The lowest BCUT2D eigenvalue weighted by Gasteiger charge is -2.15. The Hall–Kier alpha value is -0.770. The molecule has 0 radical (unpaired) electrons. The van der Waals surface area contributed by atoms with Crippen molar-refractivity contribution in [2.45, 2.75) is 30.8 Å². The minimum absolute atomic E-state index is 0.477. The molecule has 18 heavy (non-hydrogen) atoms. The molecule has 3 heteroatoms. The van der Waals surface area contributed by atoms with Crippen molar-refractivity contribution in [3.8, 4) is 0 Å². The normalized spacial score (nSPS) is 12.6. The molecule has 2 aromatic rings. The van der Waals surface area contributed by atoms with Crippen molar-refractivity contribution in [1.82, 2.24) is 5.32 Å². The highest BCUT2D eigenvalue weighted by atomic mass is 32.2. The number of hydrogen-bond acceptors (Lipinski definition) is 3. The van der Waals surface area contributed by atoms with E-state index in [9.17, 15) is 0 Å². The summed E-state index contributed by atoms with van der Waals surface area (Å²) in [6, 6.07) is 13.6. The fourth-order valence-electron chi connectivity index (χ4n) is 1.92. The van der Waals surface area contributed by atoms with Gasteiger partial charge in [0.05, 0.1) is 0 Å². The molecular formula is C15H19NS2. The Bertz CT molecular complexity index is 448. The minimum Gasteiger partial charge on any atom is -0.305 e. The van der Waals surface area contributed by atoms with E-state index in [0.29, 0.717) is 6.04 Å². The minimum atomic E-state index is 0.477. The van der Waals surface area contributed by atoms with Crippen LogP contribution in [0.3, 0.4) is 0 Å². The predicted octanol–water partition coefficient (Wildman–Crippen LogP) is 4.71. The fourth-order valence-corrected chi connectivity index (χ4v) is 3.21. The summed E-state index contributed by atoms with van der Waals surface area (Å²) in [7, 11) is 0. The van der Waals surface area contributed by atoms with E-state index in [4.69, 9.17) is 0 Å². The summed E-state index contributed by atoms with van der Waals surface area (Å²) in [5, 5.41) is 5.77. The Kier molecular flexibility index (Phi) is 5.29. The Morgan fingerprint density at radius 2 is 2.00 bits per heavy atom. The molecule has 1 N–H and O–H groups in total. The number of thioether (sulfide) groups is 1. The van der Waals surface area contributed by atoms with E-state index in [1.807, 2.05) is 11.3 Å². The van der Waals surface area contributed by atoms with Crippen LogP contribution < -0.4 is 5.32 Å². The van der Waals surface area contributed by atoms with Crippen LogP contribution in [0.25, 0.3) is 0 Å². The molecule has 0 amide bonds. The second-order valence-electron chi connectivity index (χ2n) is 4.21. The molecule has 0 aliphatic rings. The van der Waals surface area contributed by atoms with Gasteiger partial charge in [-0.3, -0.25) is 0 Å². The number of rotatable bonds is 6. The average Bonchev–Trinajstić information content (AvgIpc) is 2.94. The lowest BCUT2D eigenvalue weighted by Crippen LogP contribution is -2.19. The van der Waals surface area contributed by atoms with Gasteiger partial charge >= 0.3 is 0 Å². The topological polar surface area (TPSA) is 12.0 Å². The van der Waals surface area contributed by atoms with Gasteiger partial charge in [-0.1, -0.05) is 25.1 Å². The van der Waals surface area contributed by atoms with E-state index in [1.54, 1.807) is 11.8 Å². The molecule has 1 aromatic carbocycles. The number of benzene rings is 1. The lowest BCUT2D eigenvalue weighted by atomic mass is 10.1. The van der Waals surface area contributed by atoms with Gasteiger partial charge in [-0.15, -0.1) is 23.1 Å². The van der Waals surface area contributed by atoms with Gasteiger partial charge in [0.15, 0.2) is 0 Å². The first-order valence-corrected chi connectivity index (χ1v) is 8.33. The highest BCUT2D eigenvalue weighted by molar-refractivity contribution is 7.98. The molecule has 1 nitrogen and oxygen atoms in total. The van der Waals surface area contributed by atoms with Gasteiger partial charge in [-0.05, 0) is 41.8 Å². The lowest BCUT2D eigenvalue weighted by molar-refractivity contribution is 0.526.